The number of aryl methyl sites for hydroxylation is 2. The summed E-state index contributed by atoms with van der Waals surface area (Å²) in [5.74, 6) is -0.366. The Morgan fingerprint density at radius 3 is 2.48 bits per heavy atom. The van der Waals surface area contributed by atoms with Crippen LogP contribution < -0.4 is 4.72 Å². The van der Waals surface area contributed by atoms with Crippen LogP contribution in [0, 0.1) is 13.8 Å². The third-order valence-electron chi connectivity index (χ3n) is 4.27. The molecule has 0 heterocycles. The van der Waals surface area contributed by atoms with Crippen LogP contribution in [-0.2, 0) is 4.74 Å². The molecule has 7 heteroatoms. The van der Waals surface area contributed by atoms with Crippen molar-refractivity contribution in [3.8, 4) is 0 Å². The first-order valence-electron chi connectivity index (χ1n) is 8.91. The van der Waals surface area contributed by atoms with Crippen molar-refractivity contribution in [1.82, 2.24) is 4.72 Å². The summed E-state index contributed by atoms with van der Waals surface area (Å²) in [6.07, 6.45) is 0. The van der Waals surface area contributed by atoms with Crippen molar-refractivity contribution in [1.29, 1.82) is 0 Å². The molecule has 0 fully saturated rings. The minimum Gasteiger partial charge on any atom is -0.465 e. The van der Waals surface area contributed by atoms with E-state index in [1.165, 1.54) is 19.1 Å². The van der Waals surface area contributed by atoms with Crippen LogP contribution in [0.3, 0.4) is 0 Å². The number of aliphatic imine (C=N–C) groups is 2. The van der Waals surface area contributed by atoms with Gasteiger partial charge in [-0.05, 0) is 68.8 Å². The van der Waals surface area contributed by atoms with E-state index < -0.39 is 0 Å². The number of methoxy groups -OCH3 is 1. The molecule has 0 saturated carbocycles. The Bertz CT molecular complexity index is 950. The van der Waals surface area contributed by atoms with Gasteiger partial charge in [-0.25, -0.2) is 9.52 Å². The smallest absolute Gasteiger partial charge is 0.337 e. The molecule has 29 heavy (non-hydrogen) atoms. The van der Waals surface area contributed by atoms with Gasteiger partial charge in [-0.1, -0.05) is 35.9 Å². The molecular formula is C22H24ClN3O2S. The first-order chi connectivity index (χ1) is 13.9. The summed E-state index contributed by atoms with van der Waals surface area (Å²) in [6, 6.07) is 13.3. The molecule has 0 aliphatic heterocycles. The van der Waals surface area contributed by atoms with E-state index in [2.05, 4.69) is 16.4 Å². The summed E-state index contributed by atoms with van der Waals surface area (Å²) in [6.45, 7) is 9.83. The van der Waals surface area contributed by atoms with E-state index in [0.29, 0.717) is 17.4 Å². The number of ether oxygens (including phenoxy) is 1. The number of allylic oxidation sites excluding steroid dienone is 1. The van der Waals surface area contributed by atoms with Gasteiger partial charge in [0.2, 0.25) is 0 Å². The van der Waals surface area contributed by atoms with Gasteiger partial charge in [-0.15, -0.1) is 0 Å². The highest BCUT2D eigenvalue weighted by Gasteiger charge is 2.14. The lowest BCUT2D eigenvalue weighted by Crippen LogP contribution is -2.13. The highest BCUT2D eigenvalue weighted by atomic mass is 35.5. The minimum absolute atomic E-state index is 0.324. The van der Waals surface area contributed by atoms with Gasteiger partial charge in [-0.3, -0.25) is 9.98 Å². The maximum absolute atomic E-state index is 11.7. The van der Waals surface area contributed by atoms with E-state index in [-0.39, 0.29) is 5.97 Å². The van der Waals surface area contributed by atoms with E-state index in [0.717, 1.165) is 32.9 Å². The molecule has 0 atom stereocenters. The number of hydrogen-bond acceptors (Lipinski definition) is 6. The lowest BCUT2D eigenvalue weighted by atomic mass is 9.95. The Kier molecular flexibility index (Phi) is 8.64. The maximum Gasteiger partial charge on any atom is 0.337 e. The second-order valence-corrected chi connectivity index (χ2v) is 7.59. The Hall–Kier alpha value is -2.41. The fraction of sp³-hybridized carbons (Fsp3) is 0.227. The van der Waals surface area contributed by atoms with Gasteiger partial charge in [0.25, 0.3) is 0 Å². The molecule has 2 aromatic carbocycles. The molecule has 0 bridgehead atoms. The second-order valence-electron chi connectivity index (χ2n) is 6.27. The Balaban J connectivity index is 2.23. The summed E-state index contributed by atoms with van der Waals surface area (Å²) in [5, 5.41) is 0.324. The average Bonchev–Trinajstić information content (AvgIpc) is 2.73. The second kappa shape index (κ2) is 11.0. The molecule has 2 aromatic rings. The highest BCUT2D eigenvalue weighted by Crippen LogP contribution is 2.23. The lowest BCUT2D eigenvalue weighted by molar-refractivity contribution is 0.0600. The number of carbonyl (C=O) groups is 1. The van der Waals surface area contributed by atoms with Crippen LogP contribution >= 0.6 is 23.5 Å². The molecule has 0 aliphatic carbocycles. The Morgan fingerprint density at radius 2 is 1.86 bits per heavy atom. The van der Waals surface area contributed by atoms with Crippen LogP contribution in [-0.4, -0.2) is 32.2 Å². The largest absolute Gasteiger partial charge is 0.465 e. The van der Waals surface area contributed by atoms with Crippen molar-refractivity contribution in [2.45, 2.75) is 25.7 Å². The monoisotopic (exact) mass is 429 g/mol. The fourth-order valence-corrected chi connectivity index (χ4v) is 3.54. The third-order valence-corrected chi connectivity index (χ3v) is 5.43. The molecule has 0 saturated heterocycles. The molecular weight excluding hydrogens is 406 g/mol. The molecule has 2 rings (SSSR count). The van der Waals surface area contributed by atoms with Crippen molar-refractivity contribution >= 4 is 41.9 Å². The van der Waals surface area contributed by atoms with Gasteiger partial charge < -0.3 is 4.74 Å². The van der Waals surface area contributed by atoms with Gasteiger partial charge in [-0.2, -0.15) is 0 Å². The quantitative estimate of drug-likeness (QED) is 0.203. The fourth-order valence-electron chi connectivity index (χ4n) is 2.82. The van der Waals surface area contributed by atoms with Crippen molar-refractivity contribution in [2.24, 2.45) is 9.98 Å². The third kappa shape index (κ3) is 6.03. The Labute approximate surface area is 181 Å². The summed E-state index contributed by atoms with van der Waals surface area (Å²) < 4.78 is 7.96. The summed E-state index contributed by atoms with van der Waals surface area (Å²) >= 11 is 7.62. The van der Waals surface area contributed by atoms with E-state index in [1.807, 2.05) is 51.1 Å². The van der Waals surface area contributed by atoms with E-state index >= 15 is 0 Å². The van der Waals surface area contributed by atoms with Crippen molar-refractivity contribution in [3.63, 3.8) is 0 Å². The van der Waals surface area contributed by atoms with E-state index in [9.17, 15) is 4.79 Å². The topological polar surface area (TPSA) is 63.0 Å². The summed E-state index contributed by atoms with van der Waals surface area (Å²) in [5.41, 5.74) is 5.28. The number of benzene rings is 2. The molecule has 152 valence electrons. The van der Waals surface area contributed by atoms with Crippen LogP contribution in [0.4, 0.5) is 0 Å². The number of rotatable bonds is 8. The lowest BCUT2D eigenvalue weighted by Gasteiger charge is -2.14. The van der Waals surface area contributed by atoms with Crippen LogP contribution in [0.5, 0.6) is 0 Å². The predicted octanol–water partition coefficient (Wildman–Crippen LogP) is 5.30. The molecule has 0 aliphatic rings. The average molecular weight is 430 g/mol. The summed E-state index contributed by atoms with van der Waals surface area (Å²) in [4.78, 5) is 21.1. The van der Waals surface area contributed by atoms with Crippen molar-refractivity contribution in [2.75, 3.05) is 13.8 Å². The first kappa shape index (κ1) is 22.9. The zero-order valence-electron chi connectivity index (χ0n) is 17.0. The molecule has 5 nitrogen and oxygen atoms in total. The number of carbonyl (C=O) groups excluding carboxylic acids is 1. The van der Waals surface area contributed by atoms with Crippen LogP contribution in [0.1, 0.15) is 34.0 Å². The zero-order chi connectivity index (χ0) is 21.4. The number of esters is 1. The SMILES string of the molecule is C=N/C(Cl)=C(C)\C(=N/CNSc1cccc(C(=O)OC)c1)c1c(C)cccc1C. The van der Waals surface area contributed by atoms with Gasteiger partial charge in [0.1, 0.15) is 5.16 Å². The van der Waals surface area contributed by atoms with Crippen LogP contribution in [0.2, 0.25) is 0 Å². The van der Waals surface area contributed by atoms with Crippen molar-refractivity contribution in [3.05, 3.63) is 75.4 Å². The number of nitrogens with zero attached hydrogens (tertiary/aromatic N) is 2. The predicted molar refractivity (Wildman–Crippen MR) is 122 cm³/mol. The number of halogens is 1. The van der Waals surface area contributed by atoms with Gasteiger partial charge >= 0.3 is 5.97 Å². The maximum atomic E-state index is 11.7. The van der Waals surface area contributed by atoms with E-state index in [1.54, 1.807) is 12.1 Å². The molecule has 0 spiro atoms. The minimum atomic E-state index is -0.366. The normalized spacial score (nSPS) is 12.4. The van der Waals surface area contributed by atoms with Crippen molar-refractivity contribution < 1.29 is 9.53 Å². The molecule has 0 radical (unpaired) electrons. The molecule has 0 unspecified atom stereocenters. The molecule has 0 aromatic heterocycles. The standard InChI is InChI=1S/C22H24ClN3O2S/c1-14-8-6-9-15(2)19(14)20(16(3)21(23)24-4)25-13-26-29-18-11-7-10-17(12-18)22(27)28-5/h6-12,26H,4,13H2,1-3,5H3/b21-16-,25-20+. The molecule has 1 N–H and O–H groups in total. The number of nitrogens with one attached hydrogen (secondary N) is 1. The molecule has 0 amide bonds. The highest BCUT2D eigenvalue weighted by molar-refractivity contribution is 7.97. The summed E-state index contributed by atoms with van der Waals surface area (Å²) in [7, 11) is 1.36. The van der Waals surface area contributed by atoms with Gasteiger partial charge in [0, 0.05) is 16.0 Å². The van der Waals surface area contributed by atoms with Crippen LogP contribution in [0.15, 0.2) is 68.1 Å². The van der Waals surface area contributed by atoms with Gasteiger partial charge in [0.15, 0.2) is 0 Å². The first-order valence-corrected chi connectivity index (χ1v) is 10.1. The Morgan fingerprint density at radius 1 is 1.21 bits per heavy atom. The number of hydrogen-bond donors (Lipinski definition) is 1. The van der Waals surface area contributed by atoms with E-state index in [4.69, 9.17) is 21.3 Å². The van der Waals surface area contributed by atoms with Gasteiger partial charge in [0.05, 0.1) is 25.1 Å². The zero-order valence-corrected chi connectivity index (χ0v) is 18.5. The van der Waals surface area contributed by atoms with Crippen LogP contribution in [0.25, 0.3) is 0 Å².